The molecule has 0 radical (unpaired) electrons. The van der Waals surface area contributed by atoms with Crippen molar-refractivity contribution in [3.8, 4) is 0 Å². The third-order valence-corrected chi connectivity index (χ3v) is 3.90. The minimum Gasteiger partial charge on any atom is -0.381 e. The fraction of sp³-hybridized carbons (Fsp3) is 0.875. The van der Waals surface area contributed by atoms with Crippen LogP contribution in [0.4, 0.5) is 0 Å². The minimum atomic E-state index is -0.487. The second-order valence-corrected chi connectivity index (χ2v) is 6.47. The Balaban J connectivity index is 0.00000529. The van der Waals surface area contributed by atoms with Gasteiger partial charge in [-0.1, -0.05) is 0 Å². The van der Waals surface area contributed by atoms with Crippen molar-refractivity contribution in [1.82, 2.24) is 16.0 Å². The summed E-state index contributed by atoms with van der Waals surface area (Å²) in [5.74, 6) is 1.26. The van der Waals surface area contributed by atoms with Gasteiger partial charge in [0.25, 0.3) is 0 Å². The van der Waals surface area contributed by atoms with Crippen LogP contribution in [0.15, 0.2) is 4.99 Å². The van der Waals surface area contributed by atoms with Crippen molar-refractivity contribution in [3.63, 3.8) is 0 Å². The topological polar surface area (TPSA) is 84.0 Å². The first kappa shape index (κ1) is 23.4. The van der Waals surface area contributed by atoms with Gasteiger partial charge in [-0.3, -0.25) is 9.79 Å². The van der Waals surface area contributed by atoms with Crippen LogP contribution in [0.3, 0.4) is 0 Å². The molecule has 1 aliphatic rings. The highest BCUT2D eigenvalue weighted by atomic mass is 127. The summed E-state index contributed by atoms with van der Waals surface area (Å²) in [4.78, 5) is 15.9. The van der Waals surface area contributed by atoms with E-state index in [0.717, 1.165) is 45.8 Å². The first-order valence-electron chi connectivity index (χ1n) is 8.32. The smallest absolute Gasteiger partial charge is 0.227 e. The molecule has 0 bridgehead atoms. The van der Waals surface area contributed by atoms with Crippen molar-refractivity contribution in [2.24, 2.45) is 16.3 Å². The van der Waals surface area contributed by atoms with E-state index in [2.05, 4.69) is 20.9 Å². The number of amides is 1. The minimum absolute atomic E-state index is 0. The van der Waals surface area contributed by atoms with Crippen LogP contribution in [-0.2, 0) is 14.3 Å². The molecule has 0 aromatic heterocycles. The van der Waals surface area contributed by atoms with E-state index in [4.69, 9.17) is 9.47 Å². The van der Waals surface area contributed by atoms with Crippen molar-refractivity contribution in [2.75, 3.05) is 53.6 Å². The molecule has 0 spiro atoms. The average Bonchev–Trinajstić information content (AvgIpc) is 3.05. The molecule has 1 unspecified atom stereocenters. The van der Waals surface area contributed by atoms with Crippen LogP contribution in [0.25, 0.3) is 0 Å². The van der Waals surface area contributed by atoms with Crippen LogP contribution in [0.5, 0.6) is 0 Å². The lowest BCUT2D eigenvalue weighted by molar-refractivity contribution is -0.128. The van der Waals surface area contributed by atoms with E-state index in [9.17, 15) is 4.79 Å². The second-order valence-electron chi connectivity index (χ2n) is 6.47. The zero-order chi connectivity index (χ0) is 17.1. The molecule has 0 aromatic rings. The largest absolute Gasteiger partial charge is 0.381 e. The number of carbonyl (C=O) groups is 1. The van der Waals surface area contributed by atoms with E-state index in [-0.39, 0.29) is 29.9 Å². The van der Waals surface area contributed by atoms with Gasteiger partial charge >= 0.3 is 0 Å². The first-order valence-corrected chi connectivity index (χ1v) is 8.32. The zero-order valence-corrected chi connectivity index (χ0v) is 17.6. The summed E-state index contributed by atoms with van der Waals surface area (Å²) in [5, 5.41) is 9.08. The van der Waals surface area contributed by atoms with Gasteiger partial charge in [0.15, 0.2) is 5.96 Å². The molecule has 1 rings (SSSR count). The standard InChI is InChI=1S/C16H32N4O3.HI/c1-16(2,14(21)17-3)12-20-15(18-4)19-7-5-8-22-10-13-6-9-23-11-13;/h13H,5-12H2,1-4H3,(H,17,21)(H2,18,19,20);1H. The number of carbonyl (C=O) groups excluding carboxylic acids is 1. The summed E-state index contributed by atoms with van der Waals surface area (Å²) in [5.41, 5.74) is -0.487. The predicted octanol–water partition coefficient (Wildman–Crippen LogP) is 0.985. The molecule has 0 aromatic carbocycles. The van der Waals surface area contributed by atoms with E-state index < -0.39 is 5.41 Å². The van der Waals surface area contributed by atoms with Crippen LogP contribution in [-0.4, -0.2) is 65.5 Å². The van der Waals surface area contributed by atoms with E-state index >= 15 is 0 Å². The number of hydrogen-bond acceptors (Lipinski definition) is 4. The highest BCUT2D eigenvalue weighted by Gasteiger charge is 2.26. The Morgan fingerprint density at radius 1 is 1.38 bits per heavy atom. The van der Waals surface area contributed by atoms with Crippen molar-refractivity contribution < 1.29 is 14.3 Å². The lowest BCUT2D eigenvalue weighted by atomic mass is 9.92. The van der Waals surface area contributed by atoms with Crippen molar-refractivity contribution in [2.45, 2.75) is 26.7 Å². The molecule has 1 aliphatic heterocycles. The fourth-order valence-corrected chi connectivity index (χ4v) is 2.29. The number of nitrogens with one attached hydrogen (secondary N) is 3. The maximum atomic E-state index is 11.7. The summed E-state index contributed by atoms with van der Waals surface area (Å²) in [6.07, 6.45) is 2.02. The lowest BCUT2D eigenvalue weighted by Crippen LogP contribution is -2.47. The van der Waals surface area contributed by atoms with Gasteiger partial charge in [0.05, 0.1) is 18.6 Å². The van der Waals surface area contributed by atoms with E-state index in [0.29, 0.717) is 18.4 Å². The van der Waals surface area contributed by atoms with Crippen molar-refractivity contribution >= 4 is 35.8 Å². The maximum Gasteiger partial charge on any atom is 0.227 e. The van der Waals surface area contributed by atoms with Gasteiger partial charge in [-0.2, -0.15) is 0 Å². The molecule has 1 heterocycles. The fourth-order valence-electron chi connectivity index (χ4n) is 2.29. The van der Waals surface area contributed by atoms with Crippen LogP contribution in [0.1, 0.15) is 26.7 Å². The Kier molecular flexibility index (Phi) is 12.4. The number of nitrogens with zero attached hydrogens (tertiary/aromatic N) is 1. The number of hydrogen-bond donors (Lipinski definition) is 3. The number of guanidine groups is 1. The Bertz CT molecular complexity index is 386. The van der Waals surface area contributed by atoms with Gasteiger partial charge < -0.3 is 25.4 Å². The Morgan fingerprint density at radius 3 is 2.71 bits per heavy atom. The molecule has 1 amide bonds. The highest BCUT2D eigenvalue weighted by Crippen LogP contribution is 2.13. The van der Waals surface area contributed by atoms with Gasteiger partial charge in [0.2, 0.25) is 5.91 Å². The molecule has 7 nitrogen and oxygen atoms in total. The summed E-state index contributed by atoms with van der Waals surface area (Å²) >= 11 is 0. The molecule has 3 N–H and O–H groups in total. The van der Waals surface area contributed by atoms with E-state index in [1.807, 2.05) is 13.8 Å². The number of halogens is 1. The summed E-state index contributed by atoms with van der Waals surface area (Å²) in [6.45, 7) is 8.29. The molecule has 142 valence electrons. The maximum absolute atomic E-state index is 11.7. The Hall–Kier alpha value is -0.610. The molecular weight excluding hydrogens is 423 g/mol. The monoisotopic (exact) mass is 456 g/mol. The van der Waals surface area contributed by atoms with Crippen molar-refractivity contribution in [3.05, 3.63) is 0 Å². The Labute approximate surface area is 162 Å². The third-order valence-electron chi connectivity index (χ3n) is 3.90. The number of aliphatic imine (C=N–C) groups is 1. The van der Waals surface area contributed by atoms with E-state index in [1.165, 1.54) is 0 Å². The lowest BCUT2D eigenvalue weighted by Gasteiger charge is -2.24. The molecule has 0 saturated carbocycles. The highest BCUT2D eigenvalue weighted by molar-refractivity contribution is 14.0. The molecule has 8 heteroatoms. The van der Waals surface area contributed by atoms with Gasteiger partial charge in [0.1, 0.15) is 0 Å². The van der Waals surface area contributed by atoms with Gasteiger partial charge in [-0.05, 0) is 26.7 Å². The molecular formula is C16H33IN4O3. The predicted molar refractivity (Wildman–Crippen MR) is 107 cm³/mol. The SMILES string of the molecule is CN=C(NCCCOCC1CCOC1)NCC(C)(C)C(=O)NC.I. The molecule has 1 fully saturated rings. The molecule has 1 saturated heterocycles. The molecule has 0 aliphatic carbocycles. The van der Waals surface area contributed by atoms with Crippen LogP contribution in [0.2, 0.25) is 0 Å². The Morgan fingerprint density at radius 2 is 2.12 bits per heavy atom. The first-order chi connectivity index (χ1) is 11.0. The van der Waals surface area contributed by atoms with E-state index in [1.54, 1.807) is 14.1 Å². The second kappa shape index (κ2) is 12.7. The van der Waals surface area contributed by atoms with Gasteiger partial charge in [-0.25, -0.2) is 0 Å². The van der Waals surface area contributed by atoms with Crippen LogP contribution >= 0.6 is 24.0 Å². The molecule has 1 atom stereocenters. The van der Waals surface area contributed by atoms with Gasteiger partial charge in [0, 0.05) is 46.3 Å². The summed E-state index contributed by atoms with van der Waals surface area (Å²) in [7, 11) is 3.37. The quantitative estimate of drug-likeness (QED) is 0.209. The molecule has 24 heavy (non-hydrogen) atoms. The van der Waals surface area contributed by atoms with Crippen LogP contribution < -0.4 is 16.0 Å². The average molecular weight is 456 g/mol. The van der Waals surface area contributed by atoms with Crippen molar-refractivity contribution in [1.29, 1.82) is 0 Å². The summed E-state index contributed by atoms with van der Waals surface area (Å²) in [6, 6.07) is 0. The van der Waals surface area contributed by atoms with Gasteiger partial charge in [-0.15, -0.1) is 24.0 Å². The summed E-state index contributed by atoms with van der Waals surface area (Å²) < 4.78 is 11.0. The number of ether oxygens (including phenoxy) is 2. The van der Waals surface area contributed by atoms with Crippen LogP contribution in [0, 0.1) is 11.3 Å². The number of rotatable bonds is 9. The normalized spacial score (nSPS) is 18.0. The zero-order valence-electron chi connectivity index (χ0n) is 15.3. The third kappa shape index (κ3) is 9.03.